The zero-order valence-electron chi connectivity index (χ0n) is 12.6. The first kappa shape index (κ1) is 17.9. The maximum atomic E-state index is 11.7. The molecular formula is C13H27N3O3. The average Bonchev–Trinajstić information content (AvgIpc) is 2.29. The summed E-state index contributed by atoms with van der Waals surface area (Å²) in [6.07, 6.45) is 0.780. The fourth-order valence-corrected chi connectivity index (χ4v) is 1.32. The summed E-state index contributed by atoms with van der Waals surface area (Å²) in [5, 5.41) is 8.49. The number of ether oxygens (including phenoxy) is 1. The van der Waals surface area contributed by atoms with Crippen LogP contribution in [-0.2, 0) is 14.3 Å². The molecule has 0 rings (SSSR count). The van der Waals surface area contributed by atoms with Crippen molar-refractivity contribution < 1.29 is 14.3 Å². The Morgan fingerprint density at radius 3 is 2.42 bits per heavy atom. The Labute approximate surface area is 115 Å². The highest BCUT2D eigenvalue weighted by atomic mass is 16.5. The molecule has 0 saturated heterocycles. The second-order valence-electron chi connectivity index (χ2n) is 5.54. The monoisotopic (exact) mass is 273 g/mol. The van der Waals surface area contributed by atoms with E-state index in [0.717, 1.165) is 6.42 Å². The second kappa shape index (κ2) is 8.87. The topological polar surface area (TPSA) is 79.5 Å². The lowest BCUT2D eigenvalue weighted by molar-refractivity contribution is -0.124. The molecule has 2 amide bonds. The van der Waals surface area contributed by atoms with Crippen LogP contribution in [0.15, 0.2) is 0 Å². The van der Waals surface area contributed by atoms with Gasteiger partial charge in [0.05, 0.1) is 12.6 Å². The molecule has 0 aromatic carbocycles. The van der Waals surface area contributed by atoms with E-state index in [1.165, 1.54) is 0 Å². The van der Waals surface area contributed by atoms with Gasteiger partial charge in [-0.2, -0.15) is 0 Å². The molecule has 0 aliphatic rings. The molecule has 0 radical (unpaired) electrons. The van der Waals surface area contributed by atoms with E-state index in [1.54, 1.807) is 14.0 Å². The van der Waals surface area contributed by atoms with Crippen LogP contribution in [-0.4, -0.2) is 50.2 Å². The molecule has 0 aliphatic heterocycles. The zero-order valence-corrected chi connectivity index (χ0v) is 12.6. The number of amides is 2. The molecule has 0 aromatic heterocycles. The lowest BCUT2D eigenvalue weighted by Gasteiger charge is -2.23. The molecule has 6 nitrogen and oxygen atoms in total. The number of methoxy groups -OCH3 is 1. The Morgan fingerprint density at radius 1 is 1.26 bits per heavy atom. The number of hydrogen-bond donors (Lipinski definition) is 3. The van der Waals surface area contributed by atoms with Crippen molar-refractivity contribution in [3.05, 3.63) is 0 Å². The van der Waals surface area contributed by atoms with Gasteiger partial charge in [0.1, 0.15) is 0 Å². The Kier molecular flexibility index (Phi) is 8.34. The fourth-order valence-electron chi connectivity index (χ4n) is 1.32. The molecule has 0 saturated carbocycles. The highest BCUT2D eigenvalue weighted by Gasteiger charge is 2.19. The van der Waals surface area contributed by atoms with Gasteiger partial charge in [-0.1, -0.05) is 0 Å². The Balaban J connectivity index is 3.80. The van der Waals surface area contributed by atoms with E-state index >= 15 is 0 Å². The normalized spacial score (nSPS) is 12.9. The molecule has 0 fully saturated rings. The van der Waals surface area contributed by atoms with Crippen molar-refractivity contribution in [2.45, 2.75) is 45.7 Å². The van der Waals surface area contributed by atoms with Gasteiger partial charge < -0.3 is 15.4 Å². The third-order valence-electron chi connectivity index (χ3n) is 2.31. The summed E-state index contributed by atoms with van der Waals surface area (Å²) in [5.41, 5.74) is -0.268. The highest BCUT2D eigenvalue weighted by molar-refractivity contribution is 5.83. The van der Waals surface area contributed by atoms with Crippen molar-refractivity contribution in [1.29, 1.82) is 0 Å². The van der Waals surface area contributed by atoms with E-state index in [0.29, 0.717) is 13.2 Å². The van der Waals surface area contributed by atoms with Crippen LogP contribution in [0.25, 0.3) is 0 Å². The first-order valence-electron chi connectivity index (χ1n) is 6.57. The Hall–Kier alpha value is -1.14. The summed E-state index contributed by atoms with van der Waals surface area (Å²) < 4.78 is 4.88. The quantitative estimate of drug-likeness (QED) is 0.545. The van der Waals surface area contributed by atoms with E-state index in [4.69, 9.17) is 4.74 Å². The first-order valence-corrected chi connectivity index (χ1v) is 6.57. The van der Waals surface area contributed by atoms with Gasteiger partial charge in [-0.3, -0.25) is 14.9 Å². The molecule has 0 aliphatic carbocycles. The largest absolute Gasteiger partial charge is 0.385 e. The lowest BCUT2D eigenvalue weighted by atomic mass is 10.1. The highest BCUT2D eigenvalue weighted by Crippen LogP contribution is 1.99. The maximum Gasteiger partial charge on any atom is 0.237 e. The molecule has 3 N–H and O–H groups in total. The molecular weight excluding hydrogens is 246 g/mol. The van der Waals surface area contributed by atoms with E-state index in [9.17, 15) is 9.59 Å². The number of hydrogen-bond acceptors (Lipinski definition) is 4. The number of carbonyl (C=O) groups excluding carboxylic acids is 2. The van der Waals surface area contributed by atoms with Crippen molar-refractivity contribution in [2.75, 3.05) is 26.8 Å². The molecule has 0 bridgehead atoms. The molecule has 0 spiro atoms. The Morgan fingerprint density at radius 2 is 1.89 bits per heavy atom. The Bertz CT molecular complexity index is 287. The van der Waals surface area contributed by atoms with Gasteiger partial charge in [0.25, 0.3) is 0 Å². The van der Waals surface area contributed by atoms with Crippen LogP contribution >= 0.6 is 0 Å². The second-order valence-corrected chi connectivity index (χ2v) is 5.54. The van der Waals surface area contributed by atoms with Gasteiger partial charge in [-0.05, 0) is 34.1 Å². The summed E-state index contributed by atoms with van der Waals surface area (Å²) in [4.78, 5) is 23.2. The smallest absolute Gasteiger partial charge is 0.237 e. The van der Waals surface area contributed by atoms with Crippen molar-refractivity contribution in [1.82, 2.24) is 16.0 Å². The maximum absolute atomic E-state index is 11.7. The van der Waals surface area contributed by atoms with Gasteiger partial charge in [-0.15, -0.1) is 0 Å². The minimum Gasteiger partial charge on any atom is -0.385 e. The van der Waals surface area contributed by atoms with Crippen molar-refractivity contribution >= 4 is 11.8 Å². The molecule has 1 unspecified atom stereocenters. The van der Waals surface area contributed by atoms with Crippen LogP contribution in [0.2, 0.25) is 0 Å². The molecule has 112 valence electrons. The van der Waals surface area contributed by atoms with Gasteiger partial charge in [0.2, 0.25) is 11.8 Å². The van der Waals surface area contributed by atoms with Crippen molar-refractivity contribution in [2.24, 2.45) is 0 Å². The van der Waals surface area contributed by atoms with E-state index < -0.39 is 6.04 Å². The van der Waals surface area contributed by atoms with Crippen molar-refractivity contribution in [3.63, 3.8) is 0 Å². The average molecular weight is 273 g/mol. The summed E-state index contributed by atoms with van der Waals surface area (Å²) in [5.74, 6) is -0.230. The summed E-state index contributed by atoms with van der Waals surface area (Å²) in [6, 6.07) is -0.399. The van der Waals surface area contributed by atoms with Gasteiger partial charge >= 0.3 is 0 Å². The van der Waals surface area contributed by atoms with Gasteiger partial charge in [0, 0.05) is 25.8 Å². The lowest BCUT2D eigenvalue weighted by Crippen LogP contribution is -2.51. The van der Waals surface area contributed by atoms with Crippen LogP contribution in [0.5, 0.6) is 0 Å². The summed E-state index contributed by atoms with van der Waals surface area (Å²) >= 11 is 0. The molecule has 1 atom stereocenters. The molecule has 0 aromatic rings. The van der Waals surface area contributed by atoms with E-state index in [1.807, 2.05) is 20.8 Å². The van der Waals surface area contributed by atoms with E-state index in [-0.39, 0.29) is 23.9 Å². The fraction of sp³-hybridized carbons (Fsp3) is 0.846. The number of rotatable bonds is 8. The molecule has 6 heteroatoms. The predicted molar refractivity (Wildman–Crippen MR) is 74.9 cm³/mol. The SMILES string of the molecule is COCCCNC(=O)CNC(C)C(=O)NC(C)(C)C. The third-order valence-corrected chi connectivity index (χ3v) is 2.31. The van der Waals surface area contributed by atoms with Gasteiger partial charge in [0.15, 0.2) is 0 Å². The molecule has 19 heavy (non-hydrogen) atoms. The van der Waals surface area contributed by atoms with Gasteiger partial charge in [-0.25, -0.2) is 0 Å². The molecule has 0 heterocycles. The predicted octanol–water partition coefficient (Wildman–Crippen LogP) is 0.0319. The van der Waals surface area contributed by atoms with Crippen LogP contribution in [0.1, 0.15) is 34.1 Å². The van der Waals surface area contributed by atoms with Crippen LogP contribution in [0, 0.1) is 0 Å². The number of carbonyl (C=O) groups is 2. The minimum absolute atomic E-state index is 0.111. The standard InChI is InChI=1S/C13H27N3O3/c1-10(12(18)16-13(2,3)4)15-9-11(17)14-7-6-8-19-5/h10,15H,6-9H2,1-5H3,(H,14,17)(H,16,18). The summed E-state index contributed by atoms with van der Waals surface area (Å²) in [6.45, 7) is 8.82. The van der Waals surface area contributed by atoms with Crippen LogP contribution in [0.3, 0.4) is 0 Å². The zero-order chi connectivity index (χ0) is 14.9. The minimum atomic E-state index is -0.399. The third kappa shape index (κ3) is 10.5. The van der Waals surface area contributed by atoms with Crippen molar-refractivity contribution in [3.8, 4) is 0 Å². The summed E-state index contributed by atoms with van der Waals surface area (Å²) in [7, 11) is 1.62. The number of nitrogens with one attached hydrogen (secondary N) is 3. The van der Waals surface area contributed by atoms with E-state index in [2.05, 4.69) is 16.0 Å². The van der Waals surface area contributed by atoms with Crippen LogP contribution < -0.4 is 16.0 Å². The first-order chi connectivity index (χ1) is 8.76. The van der Waals surface area contributed by atoms with Crippen LogP contribution in [0.4, 0.5) is 0 Å².